The molecule has 0 aromatic carbocycles. The number of hydrogen-bond donors (Lipinski definition) is 2. The van der Waals surface area contributed by atoms with Crippen LogP contribution in [0, 0.1) is 20.8 Å². The first-order valence-electron chi connectivity index (χ1n) is 7.73. The zero-order valence-electron chi connectivity index (χ0n) is 14.2. The topological polar surface area (TPSA) is 128 Å². The number of carbonyl (C=O) groups is 2. The summed E-state index contributed by atoms with van der Waals surface area (Å²) < 4.78 is 6.48. The molecule has 3 rings (SSSR count). The van der Waals surface area contributed by atoms with Crippen LogP contribution in [0.4, 0.5) is 5.82 Å². The number of nitrogens with two attached hydrogens (primary N) is 1. The van der Waals surface area contributed by atoms with Gasteiger partial charge in [-0.25, -0.2) is 9.50 Å². The number of amides is 2. The molecule has 0 aliphatic rings. The number of nitrogens with one attached hydrogen (secondary N) is 1. The number of carbonyl (C=O) groups excluding carboxylic acids is 2. The van der Waals surface area contributed by atoms with Crippen molar-refractivity contribution >= 4 is 23.3 Å². The number of hydrogen-bond acceptors (Lipinski definition) is 6. The summed E-state index contributed by atoms with van der Waals surface area (Å²) in [5, 5.41) is 10.6. The average Bonchev–Trinajstić information content (AvgIpc) is 3.13. The number of aromatic nitrogens is 4. The Balaban J connectivity index is 1.79. The molecule has 3 aromatic rings. The van der Waals surface area contributed by atoms with Gasteiger partial charge in [0.05, 0.1) is 6.20 Å². The molecule has 0 unspecified atom stereocenters. The first kappa shape index (κ1) is 16.6. The quantitative estimate of drug-likeness (QED) is 0.719. The number of primary amides is 1. The minimum atomic E-state index is -0.573. The van der Waals surface area contributed by atoms with Gasteiger partial charge in [0.25, 0.3) is 5.91 Å². The first-order valence-corrected chi connectivity index (χ1v) is 7.73. The van der Waals surface area contributed by atoms with E-state index in [1.807, 2.05) is 13.8 Å². The van der Waals surface area contributed by atoms with Gasteiger partial charge in [-0.3, -0.25) is 9.59 Å². The summed E-state index contributed by atoms with van der Waals surface area (Å²) in [5.74, 6) is 0.269. The predicted molar refractivity (Wildman–Crippen MR) is 89.2 cm³/mol. The molecule has 0 saturated carbocycles. The maximum absolute atomic E-state index is 12.1. The molecule has 0 spiro atoms. The Labute approximate surface area is 143 Å². The molecular formula is C16H18N6O3. The summed E-state index contributed by atoms with van der Waals surface area (Å²) in [7, 11) is 0. The standard InChI is InChI=1S/C16H18N6O3/c1-8-6-13(21-25-8)20-14(23)5-4-11-9(2)19-16-12(15(17)24)7-18-22(16)10(11)3/h6-7H,4-5H2,1-3H3,(H2,17,24)(H,20,21,23). The van der Waals surface area contributed by atoms with Gasteiger partial charge in [-0.2, -0.15) is 5.10 Å². The monoisotopic (exact) mass is 342 g/mol. The van der Waals surface area contributed by atoms with E-state index in [1.54, 1.807) is 17.5 Å². The summed E-state index contributed by atoms with van der Waals surface area (Å²) in [4.78, 5) is 27.9. The van der Waals surface area contributed by atoms with E-state index in [0.717, 1.165) is 17.0 Å². The second-order valence-electron chi connectivity index (χ2n) is 5.79. The van der Waals surface area contributed by atoms with Gasteiger partial charge in [-0.1, -0.05) is 5.16 Å². The molecule has 0 aliphatic carbocycles. The van der Waals surface area contributed by atoms with Crippen LogP contribution >= 0.6 is 0 Å². The molecule has 0 atom stereocenters. The van der Waals surface area contributed by atoms with Gasteiger partial charge in [0.2, 0.25) is 5.91 Å². The van der Waals surface area contributed by atoms with Crippen LogP contribution in [0.3, 0.4) is 0 Å². The molecule has 9 heteroatoms. The van der Waals surface area contributed by atoms with Crippen molar-refractivity contribution in [1.29, 1.82) is 0 Å². The number of nitrogens with zero attached hydrogens (tertiary/aromatic N) is 4. The number of fused-ring (bicyclic) bond motifs is 1. The van der Waals surface area contributed by atoms with Gasteiger partial charge in [-0.15, -0.1) is 0 Å². The van der Waals surface area contributed by atoms with E-state index >= 15 is 0 Å². The van der Waals surface area contributed by atoms with Crippen molar-refractivity contribution in [3.63, 3.8) is 0 Å². The zero-order valence-corrected chi connectivity index (χ0v) is 14.2. The smallest absolute Gasteiger partial charge is 0.254 e. The Bertz CT molecular complexity index is 972. The summed E-state index contributed by atoms with van der Waals surface area (Å²) in [5.41, 5.74) is 8.49. The van der Waals surface area contributed by atoms with Crippen LogP contribution in [0.2, 0.25) is 0 Å². The van der Waals surface area contributed by atoms with Crippen molar-refractivity contribution in [2.75, 3.05) is 5.32 Å². The molecule has 3 N–H and O–H groups in total. The summed E-state index contributed by atoms with van der Waals surface area (Å²) in [6.45, 7) is 5.45. The van der Waals surface area contributed by atoms with E-state index in [4.69, 9.17) is 10.3 Å². The van der Waals surface area contributed by atoms with E-state index in [0.29, 0.717) is 23.6 Å². The van der Waals surface area contributed by atoms with E-state index in [1.165, 1.54) is 6.20 Å². The Morgan fingerprint density at radius 2 is 2.08 bits per heavy atom. The van der Waals surface area contributed by atoms with E-state index < -0.39 is 5.91 Å². The molecule has 0 bridgehead atoms. The van der Waals surface area contributed by atoms with Crippen molar-refractivity contribution in [3.8, 4) is 0 Å². The third-order valence-corrected chi connectivity index (χ3v) is 3.97. The summed E-state index contributed by atoms with van der Waals surface area (Å²) in [6.07, 6.45) is 2.14. The number of aryl methyl sites for hydroxylation is 3. The van der Waals surface area contributed by atoms with Crippen LogP contribution in [-0.2, 0) is 11.2 Å². The van der Waals surface area contributed by atoms with Crippen molar-refractivity contribution in [2.45, 2.75) is 33.6 Å². The normalized spacial score (nSPS) is 11.0. The highest BCUT2D eigenvalue weighted by molar-refractivity contribution is 5.98. The Morgan fingerprint density at radius 1 is 1.32 bits per heavy atom. The highest BCUT2D eigenvalue weighted by Crippen LogP contribution is 2.18. The lowest BCUT2D eigenvalue weighted by molar-refractivity contribution is -0.116. The fraction of sp³-hybridized carbons (Fsp3) is 0.312. The van der Waals surface area contributed by atoms with Gasteiger partial charge in [0.15, 0.2) is 11.5 Å². The van der Waals surface area contributed by atoms with Crippen LogP contribution in [-0.4, -0.2) is 31.6 Å². The lowest BCUT2D eigenvalue weighted by Gasteiger charge is -2.11. The van der Waals surface area contributed by atoms with Crippen molar-refractivity contribution < 1.29 is 14.1 Å². The third-order valence-electron chi connectivity index (χ3n) is 3.97. The summed E-state index contributed by atoms with van der Waals surface area (Å²) >= 11 is 0. The van der Waals surface area contributed by atoms with Gasteiger partial charge in [0.1, 0.15) is 11.3 Å². The molecule has 0 radical (unpaired) electrons. The van der Waals surface area contributed by atoms with Crippen LogP contribution in [0.5, 0.6) is 0 Å². The number of anilines is 1. The third kappa shape index (κ3) is 3.21. The highest BCUT2D eigenvalue weighted by atomic mass is 16.5. The van der Waals surface area contributed by atoms with Crippen molar-refractivity contribution in [3.05, 3.63) is 40.5 Å². The van der Waals surface area contributed by atoms with Crippen molar-refractivity contribution in [1.82, 2.24) is 19.8 Å². The Hall–Kier alpha value is -3.23. The SMILES string of the molecule is Cc1cc(NC(=O)CCc2c(C)nc3c(C(N)=O)cnn3c2C)no1. The van der Waals surface area contributed by atoms with Gasteiger partial charge >= 0.3 is 0 Å². The Morgan fingerprint density at radius 3 is 2.72 bits per heavy atom. The molecule has 2 amide bonds. The second-order valence-corrected chi connectivity index (χ2v) is 5.79. The van der Waals surface area contributed by atoms with Crippen LogP contribution in [0.1, 0.15) is 39.5 Å². The molecule has 3 heterocycles. The second kappa shape index (κ2) is 6.34. The molecule has 25 heavy (non-hydrogen) atoms. The maximum atomic E-state index is 12.1. The van der Waals surface area contributed by atoms with Gasteiger partial charge in [-0.05, 0) is 32.8 Å². The average molecular weight is 342 g/mol. The number of rotatable bonds is 5. The first-order chi connectivity index (χ1) is 11.9. The van der Waals surface area contributed by atoms with E-state index in [2.05, 4.69) is 20.6 Å². The molecular weight excluding hydrogens is 324 g/mol. The van der Waals surface area contributed by atoms with E-state index in [9.17, 15) is 9.59 Å². The molecule has 130 valence electrons. The fourth-order valence-corrected chi connectivity index (χ4v) is 2.72. The molecule has 0 aliphatic heterocycles. The lowest BCUT2D eigenvalue weighted by Crippen LogP contribution is -2.15. The van der Waals surface area contributed by atoms with Crippen LogP contribution in [0.25, 0.3) is 5.65 Å². The Kier molecular flexibility index (Phi) is 4.22. The van der Waals surface area contributed by atoms with Crippen molar-refractivity contribution in [2.24, 2.45) is 5.73 Å². The van der Waals surface area contributed by atoms with Crippen LogP contribution < -0.4 is 11.1 Å². The molecule has 9 nitrogen and oxygen atoms in total. The highest BCUT2D eigenvalue weighted by Gasteiger charge is 2.17. The van der Waals surface area contributed by atoms with Crippen LogP contribution in [0.15, 0.2) is 16.8 Å². The molecule has 3 aromatic heterocycles. The minimum Gasteiger partial charge on any atom is -0.365 e. The van der Waals surface area contributed by atoms with Gasteiger partial charge in [0, 0.05) is 23.9 Å². The molecule has 0 fully saturated rings. The predicted octanol–water partition coefficient (Wildman–Crippen LogP) is 1.31. The van der Waals surface area contributed by atoms with E-state index in [-0.39, 0.29) is 17.9 Å². The lowest BCUT2D eigenvalue weighted by atomic mass is 10.1. The zero-order chi connectivity index (χ0) is 18.1. The summed E-state index contributed by atoms with van der Waals surface area (Å²) in [6, 6.07) is 1.65. The fourth-order valence-electron chi connectivity index (χ4n) is 2.72. The molecule has 0 saturated heterocycles. The van der Waals surface area contributed by atoms with Gasteiger partial charge < -0.3 is 15.6 Å². The maximum Gasteiger partial charge on any atom is 0.254 e. The largest absolute Gasteiger partial charge is 0.365 e. The minimum absolute atomic E-state index is 0.175.